The van der Waals surface area contributed by atoms with E-state index >= 15 is 0 Å². The molecule has 6 atom stereocenters. The van der Waals surface area contributed by atoms with Crippen LogP contribution >= 0.6 is 0 Å². The number of esters is 3. The van der Waals surface area contributed by atoms with E-state index in [-0.39, 0.29) is 18.8 Å². The topological polar surface area (TPSA) is 102 Å². The van der Waals surface area contributed by atoms with Crippen molar-refractivity contribution < 1.29 is 33.7 Å². The summed E-state index contributed by atoms with van der Waals surface area (Å²) in [6.45, 7) is 5.65. The Bertz CT molecular complexity index is 714. The number of aliphatic hydroxyl groups is 1. The maximum absolute atomic E-state index is 13.0. The summed E-state index contributed by atoms with van der Waals surface area (Å²) < 4.78 is 16.5. The Morgan fingerprint density at radius 1 is 1.23 bits per heavy atom. The van der Waals surface area contributed by atoms with Gasteiger partial charge in [-0.2, -0.15) is 0 Å². The van der Waals surface area contributed by atoms with Gasteiger partial charge in [-0.3, -0.25) is 14.5 Å². The van der Waals surface area contributed by atoms with Gasteiger partial charge in [0.1, 0.15) is 18.6 Å². The third-order valence-electron chi connectivity index (χ3n) is 6.45. The molecule has 0 radical (unpaired) electrons. The van der Waals surface area contributed by atoms with Crippen LogP contribution in [0.2, 0.25) is 0 Å². The van der Waals surface area contributed by atoms with Crippen LogP contribution in [0.4, 0.5) is 0 Å². The van der Waals surface area contributed by atoms with Crippen LogP contribution in [0, 0.1) is 11.8 Å². The highest BCUT2D eigenvalue weighted by Crippen LogP contribution is 2.46. The molecule has 4 aliphatic rings. The number of rotatable bonds is 0. The molecule has 142 valence electrons. The first-order valence-corrected chi connectivity index (χ1v) is 8.92. The number of carbonyl (C=O) groups is 3. The van der Waals surface area contributed by atoms with E-state index in [1.165, 1.54) is 13.8 Å². The van der Waals surface area contributed by atoms with Crippen molar-refractivity contribution in [2.45, 2.75) is 50.5 Å². The summed E-state index contributed by atoms with van der Waals surface area (Å²) in [4.78, 5) is 40.0. The van der Waals surface area contributed by atoms with Crippen LogP contribution in [-0.4, -0.2) is 71.0 Å². The average Bonchev–Trinajstić information content (AvgIpc) is 3.20. The van der Waals surface area contributed by atoms with Crippen LogP contribution in [0.5, 0.6) is 0 Å². The summed E-state index contributed by atoms with van der Waals surface area (Å²) in [6, 6.07) is -0.130. The highest BCUT2D eigenvalue weighted by atomic mass is 16.6. The molecule has 0 spiro atoms. The number of fused-ring (bicyclic) bond motifs is 1. The minimum absolute atomic E-state index is 0.00838. The highest BCUT2D eigenvalue weighted by Gasteiger charge is 2.67. The Balaban J connectivity index is 1.77. The van der Waals surface area contributed by atoms with Gasteiger partial charge in [-0.25, -0.2) is 4.79 Å². The first-order valence-electron chi connectivity index (χ1n) is 8.92. The van der Waals surface area contributed by atoms with Crippen LogP contribution in [0.1, 0.15) is 27.2 Å². The van der Waals surface area contributed by atoms with E-state index in [9.17, 15) is 19.5 Å². The van der Waals surface area contributed by atoms with Gasteiger partial charge < -0.3 is 19.3 Å². The van der Waals surface area contributed by atoms with Gasteiger partial charge in [0.15, 0.2) is 11.2 Å². The molecular weight excluding hydrogens is 342 g/mol. The second-order valence-electron chi connectivity index (χ2n) is 7.93. The first-order chi connectivity index (χ1) is 12.2. The van der Waals surface area contributed by atoms with E-state index in [1.54, 1.807) is 6.92 Å². The molecule has 3 fully saturated rings. The molecule has 0 aromatic rings. The minimum Gasteiger partial charge on any atom is -0.460 e. The Kier molecular flexibility index (Phi) is 3.72. The second-order valence-corrected chi connectivity index (χ2v) is 7.93. The molecule has 0 aliphatic carbocycles. The maximum Gasteiger partial charge on any atom is 0.342 e. The molecule has 4 rings (SSSR count). The SMILES string of the molecule is C[C@H]1C(=O)O[C@@]2(C)[C@@H]1C(=O)O[C@@H]1CCN3CC=C(COC(=O)[C@@]2(C)O)[C@H]13. The van der Waals surface area contributed by atoms with Crippen molar-refractivity contribution in [3.8, 4) is 0 Å². The van der Waals surface area contributed by atoms with Gasteiger partial charge in [-0.1, -0.05) is 13.0 Å². The second kappa shape index (κ2) is 5.53. The van der Waals surface area contributed by atoms with Crippen LogP contribution in [-0.2, 0) is 28.6 Å². The summed E-state index contributed by atoms with van der Waals surface area (Å²) >= 11 is 0. The van der Waals surface area contributed by atoms with Crippen molar-refractivity contribution in [3.05, 3.63) is 11.6 Å². The first kappa shape index (κ1) is 17.5. The molecule has 26 heavy (non-hydrogen) atoms. The fourth-order valence-electron chi connectivity index (χ4n) is 4.65. The van der Waals surface area contributed by atoms with Gasteiger partial charge in [0, 0.05) is 13.1 Å². The van der Waals surface area contributed by atoms with Gasteiger partial charge in [0.25, 0.3) is 0 Å². The molecular formula is C18H23NO7. The van der Waals surface area contributed by atoms with E-state index in [2.05, 4.69) is 4.90 Å². The summed E-state index contributed by atoms with van der Waals surface area (Å²) in [5, 5.41) is 10.9. The molecule has 0 aromatic carbocycles. The van der Waals surface area contributed by atoms with E-state index in [1.807, 2.05) is 6.08 Å². The molecule has 0 saturated carbocycles. The van der Waals surface area contributed by atoms with Gasteiger partial charge in [-0.05, 0) is 25.8 Å². The van der Waals surface area contributed by atoms with Crippen LogP contribution in [0.3, 0.4) is 0 Å². The molecule has 4 aliphatic heterocycles. The van der Waals surface area contributed by atoms with E-state index < -0.39 is 40.9 Å². The van der Waals surface area contributed by atoms with Crippen molar-refractivity contribution in [2.75, 3.05) is 19.7 Å². The minimum atomic E-state index is -2.19. The van der Waals surface area contributed by atoms with Crippen LogP contribution in [0.25, 0.3) is 0 Å². The van der Waals surface area contributed by atoms with E-state index in [4.69, 9.17) is 14.2 Å². The highest BCUT2D eigenvalue weighted by molar-refractivity contribution is 5.91. The average molecular weight is 365 g/mol. The molecule has 0 bridgehead atoms. The number of hydrogen-bond donors (Lipinski definition) is 1. The fraction of sp³-hybridized carbons (Fsp3) is 0.722. The van der Waals surface area contributed by atoms with E-state index in [0.29, 0.717) is 13.0 Å². The Morgan fingerprint density at radius 3 is 2.69 bits per heavy atom. The smallest absolute Gasteiger partial charge is 0.342 e. The number of cyclic esters (lactones) is 1. The molecule has 0 amide bonds. The normalized spacial score (nSPS) is 45.8. The third kappa shape index (κ3) is 2.18. The zero-order valence-corrected chi connectivity index (χ0v) is 15.1. The van der Waals surface area contributed by atoms with Gasteiger partial charge in [-0.15, -0.1) is 0 Å². The number of carbonyl (C=O) groups excluding carboxylic acids is 3. The zero-order chi connectivity index (χ0) is 18.9. The van der Waals surface area contributed by atoms with Crippen LogP contribution in [0.15, 0.2) is 11.6 Å². The zero-order valence-electron chi connectivity index (χ0n) is 15.1. The van der Waals surface area contributed by atoms with Gasteiger partial charge >= 0.3 is 17.9 Å². The molecule has 3 saturated heterocycles. The standard InChI is InChI=1S/C18H23NO7/c1-9-12-15(21)25-11-5-7-19-6-4-10(13(11)19)8-24-16(22)17(2,23)18(12,3)26-14(9)20/h4,9,11-13,23H,5-8H2,1-3H3/t9-,11-,12+,13-,17-,18+/m1/s1. The Morgan fingerprint density at radius 2 is 1.96 bits per heavy atom. The molecule has 8 heteroatoms. The lowest BCUT2D eigenvalue weighted by Crippen LogP contribution is -2.61. The number of nitrogens with zero attached hydrogens (tertiary/aromatic N) is 1. The fourth-order valence-corrected chi connectivity index (χ4v) is 4.65. The maximum atomic E-state index is 13.0. The van der Waals surface area contributed by atoms with Crippen molar-refractivity contribution in [1.82, 2.24) is 4.90 Å². The molecule has 4 heterocycles. The predicted molar refractivity (Wildman–Crippen MR) is 86.7 cm³/mol. The van der Waals surface area contributed by atoms with Gasteiger partial charge in [0.2, 0.25) is 0 Å². The summed E-state index contributed by atoms with van der Waals surface area (Å²) in [5.74, 6) is -4.12. The molecule has 0 aromatic heterocycles. The van der Waals surface area contributed by atoms with Crippen LogP contribution < -0.4 is 0 Å². The van der Waals surface area contributed by atoms with Crippen molar-refractivity contribution in [1.29, 1.82) is 0 Å². The monoisotopic (exact) mass is 365 g/mol. The molecule has 0 unspecified atom stereocenters. The molecule has 1 N–H and O–H groups in total. The van der Waals surface area contributed by atoms with Crippen molar-refractivity contribution in [2.24, 2.45) is 11.8 Å². The Labute approximate surface area is 151 Å². The quantitative estimate of drug-likeness (QED) is 0.357. The number of hydrogen-bond acceptors (Lipinski definition) is 8. The third-order valence-corrected chi connectivity index (χ3v) is 6.45. The summed E-state index contributed by atoms with van der Waals surface area (Å²) in [6.07, 6.45) is 2.27. The summed E-state index contributed by atoms with van der Waals surface area (Å²) in [5.41, 5.74) is -3.08. The lowest BCUT2D eigenvalue weighted by atomic mass is 9.73. The Hall–Kier alpha value is -1.93. The lowest BCUT2D eigenvalue weighted by Gasteiger charge is -2.39. The summed E-state index contributed by atoms with van der Waals surface area (Å²) in [7, 11) is 0. The van der Waals surface area contributed by atoms with Gasteiger partial charge in [0.05, 0.1) is 12.0 Å². The molecule has 8 nitrogen and oxygen atoms in total. The van der Waals surface area contributed by atoms with E-state index in [0.717, 1.165) is 12.1 Å². The number of ether oxygens (including phenoxy) is 3. The lowest BCUT2D eigenvalue weighted by molar-refractivity contribution is -0.204. The predicted octanol–water partition coefficient (Wildman–Crippen LogP) is -0.212. The van der Waals surface area contributed by atoms with Crippen molar-refractivity contribution in [3.63, 3.8) is 0 Å². The largest absolute Gasteiger partial charge is 0.460 e. The van der Waals surface area contributed by atoms with Crippen molar-refractivity contribution >= 4 is 17.9 Å².